The van der Waals surface area contributed by atoms with Crippen LogP contribution in [0.15, 0.2) is 66.0 Å². The van der Waals surface area contributed by atoms with E-state index in [1.807, 2.05) is 18.3 Å². The van der Waals surface area contributed by atoms with Crippen molar-refractivity contribution >= 4 is 38.2 Å². The Morgan fingerprint density at radius 2 is 2.03 bits per heavy atom. The summed E-state index contributed by atoms with van der Waals surface area (Å²) in [5, 5.41) is 12.1. The van der Waals surface area contributed by atoms with Gasteiger partial charge in [0, 0.05) is 29.7 Å². The van der Waals surface area contributed by atoms with E-state index in [2.05, 4.69) is 43.4 Å². The molecular weight excluding hydrogens is 519 g/mol. The molecule has 3 aromatic heterocycles. The summed E-state index contributed by atoms with van der Waals surface area (Å²) in [5.74, 6) is -0.177. The molecule has 4 heterocycles. The van der Waals surface area contributed by atoms with Gasteiger partial charge in [-0.25, -0.2) is 32.3 Å². The monoisotopic (exact) mass is 546 g/mol. The topological polar surface area (TPSA) is 126 Å². The van der Waals surface area contributed by atoms with Crippen LogP contribution >= 0.6 is 0 Å². The van der Waals surface area contributed by atoms with Crippen LogP contribution in [0.4, 0.5) is 16.2 Å². The number of benzene rings is 2. The Bertz CT molecular complexity index is 1780. The van der Waals surface area contributed by atoms with Gasteiger partial charge in [0.05, 0.1) is 11.2 Å². The van der Waals surface area contributed by atoms with Gasteiger partial charge in [-0.05, 0) is 67.8 Å². The highest BCUT2D eigenvalue weighted by atomic mass is 32.2. The molecule has 0 amide bonds. The average Bonchev–Trinajstić information content (AvgIpc) is 3.38. The van der Waals surface area contributed by atoms with Crippen LogP contribution in [0.2, 0.25) is 0 Å². The van der Waals surface area contributed by atoms with Crippen molar-refractivity contribution in [2.75, 3.05) is 23.1 Å². The van der Waals surface area contributed by atoms with Crippen LogP contribution in [0, 0.1) is 5.82 Å². The molecule has 39 heavy (non-hydrogen) atoms. The fraction of sp³-hybridized carbons (Fsp3) is 0.259. The lowest BCUT2D eigenvalue weighted by molar-refractivity contribution is 0.478. The van der Waals surface area contributed by atoms with E-state index in [-0.39, 0.29) is 5.82 Å². The highest BCUT2D eigenvalue weighted by Gasteiger charge is 2.22. The molecule has 2 aromatic carbocycles. The predicted molar refractivity (Wildman–Crippen MR) is 148 cm³/mol. The normalized spacial score (nSPS) is 16.0. The molecule has 6 rings (SSSR count). The fourth-order valence-electron chi connectivity index (χ4n) is 4.94. The van der Waals surface area contributed by atoms with E-state index in [0.717, 1.165) is 66.1 Å². The average molecular weight is 547 g/mol. The van der Waals surface area contributed by atoms with Crippen molar-refractivity contribution in [2.45, 2.75) is 37.1 Å². The molecule has 10 nitrogen and oxygen atoms in total. The maximum Gasteiger partial charge on any atom is 0.266 e. The fourth-order valence-corrected chi connectivity index (χ4v) is 6.04. The summed E-state index contributed by atoms with van der Waals surface area (Å²) in [7, 11) is -4.20. The molecule has 1 atom stereocenters. The Hall–Kier alpha value is -4.16. The number of nitrogens with zero attached hydrogens (tertiary/aromatic N) is 5. The van der Waals surface area contributed by atoms with Crippen LogP contribution in [-0.4, -0.2) is 52.1 Å². The van der Waals surface area contributed by atoms with Gasteiger partial charge < -0.3 is 10.6 Å². The van der Waals surface area contributed by atoms with E-state index >= 15 is 0 Å². The van der Waals surface area contributed by atoms with Crippen molar-refractivity contribution in [3.63, 3.8) is 0 Å². The van der Waals surface area contributed by atoms with Crippen molar-refractivity contribution in [3.8, 4) is 11.3 Å². The maximum atomic E-state index is 14.2. The second kappa shape index (κ2) is 10.2. The van der Waals surface area contributed by atoms with Crippen LogP contribution in [0.1, 0.15) is 25.3 Å². The lowest BCUT2D eigenvalue weighted by Crippen LogP contribution is -2.38. The van der Waals surface area contributed by atoms with Crippen LogP contribution in [-0.2, 0) is 16.4 Å². The summed E-state index contributed by atoms with van der Waals surface area (Å²) in [5.41, 5.74) is 3.99. The molecular formula is C27H27FN8O2S. The molecule has 1 aliphatic heterocycles. The van der Waals surface area contributed by atoms with Crippen LogP contribution in [0.25, 0.3) is 27.7 Å². The summed E-state index contributed by atoms with van der Waals surface area (Å²) >= 11 is 0. The third-order valence-corrected chi connectivity index (χ3v) is 8.25. The molecule has 0 bridgehead atoms. The number of fused-ring (bicyclic) bond motifs is 2. The number of hydrogen-bond acceptors (Lipinski definition) is 8. The third-order valence-electron chi connectivity index (χ3n) is 6.88. The second-order valence-corrected chi connectivity index (χ2v) is 11.1. The minimum atomic E-state index is -4.20. The van der Waals surface area contributed by atoms with Crippen molar-refractivity contribution in [1.29, 1.82) is 0 Å². The standard InChI is InChI=1S/C27H27FN8O2S/c1-2-17-12-18(13-19-14-30-27(34-25(17)19)33-20-6-5-11-29-15-20)22-9-10-23-26(31-16-32-36(22)23)35-39(37,38)24-8-4-3-7-21(24)28/h3-4,7-10,12-14,16,20,29H,2,5-6,11,15H2,1H3,(H,30,33,34)(H,31,32,35). The molecule has 1 aliphatic rings. The molecule has 1 fully saturated rings. The summed E-state index contributed by atoms with van der Waals surface area (Å²) in [6, 6.07) is 13.1. The largest absolute Gasteiger partial charge is 0.350 e. The molecule has 1 unspecified atom stereocenters. The second-order valence-electron chi connectivity index (χ2n) is 9.47. The summed E-state index contributed by atoms with van der Waals surface area (Å²) in [6.45, 7) is 4.01. The van der Waals surface area contributed by atoms with Gasteiger partial charge in [-0.2, -0.15) is 5.10 Å². The number of hydrogen-bond donors (Lipinski definition) is 3. The van der Waals surface area contributed by atoms with E-state index in [0.29, 0.717) is 17.5 Å². The summed E-state index contributed by atoms with van der Waals surface area (Å²) < 4.78 is 44.0. The summed E-state index contributed by atoms with van der Waals surface area (Å²) in [6.07, 6.45) is 6.05. The first-order chi connectivity index (χ1) is 18.9. The lowest BCUT2D eigenvalue weighted by Gasteiger charge is -2.23. The SMILES string of the molecule is CCc1cc(-c2ccc3c(NS(=O)(=O)c4ccccc4F)ncnn23)cc2cnc(NC3CCCNC3)nc12. The van der Waals surface area contributed by atoms with Gasteiger partial charge in [-0.15, -0.1) is 0 Å². The van der Waals surface area contributed by atoms with Crippen LogP contribution in [0.5, 0.6) is 0 Å². The molecule has 1 saturated heterocycles. The van der Waals surface area contributed by atoms with E-state index in [1.54, 1.807) is 10.6 Å². The molecule has 5 aromatic rings. The number of aromatic nitrogens is 5. The molecule has 0 saturated carbocycles. The van der Waals surface area contributed by atoms with Crippen molar-refractivity contribution < 1.29 is 12.8 Å². The number of aryl methyl sites for hydroxylation is 1. The Morgan fingerprint density at radius 3 is 2.82 bits per heavy atom. The number of sulfonamides is 1. The number of halogens is 1. The highest BCUT2D eigenvalue weighted by Crippen LogP contribution is 2.31. The molecule has 3 N–H and O–H groups in total. The molecule has 0 aliphatic carbocycles. The number of nitrogens with one attached hydrogen (secondary N) is 3. The Kier molecular flexibility index (Phi) is 6.57. The molecule has 0 spiro atoms. The first kappa shape index (κ1) is 25.1. The van der Waals surface area contributed by atoms with Gasteiger partial charge in [0.1, 0.15) is 22.6 Å². The zero-order valence-corrected chi connectivity index (χ0v) is 22.0. The molecule has 12 heteroatoms. The third kappa shape index (κ3) is 4.88. The van der Waals surface area contributed by atoms with E-state index in [1.165, 1.54) is 24.5 Å². The maximum absolute atomic E-state index is 14.2. The van der Waals surface area contributed by atoms with Crippen molar-refractivity contribution in [1.82, 2.24) is 29.9 Å². The van der Waals surface area contributed by atoms with Crippen molar-refractivity contribution in [2.24, 2.45) is 0 Å². The first-order valence-corrected chi connectivity index (χ1v) is 14.3. The van der Waals surface area contributed by atoms with Gasteiger partial charge in [0.15, 0.2) is 5.82 Å². The van der Waals surface area contributed by atoms with E-state index in [4.69, 9.17) is 4.98 Å². The van der Waals surface area contributed by atoms with Gasteiger partial charge in [-0.1, -0.05) is 19.1 Å². The molecule has 200 valence electrons. The van der Waals surface area contributed by atoms with Crippen LogP contribution in [0.3, 0.4) is 0 Å². The Labute approximate surface area is 224 Å². The smallest absolute Gasteiger partial charge is 0.266 e. The molecule has 0 radical (unpaired) electrons. The summed E-state index contributed by atoms with van der Waals surface area (Å²) in [4.78, 5) is 13.1. The van der Waals surface area contributed by atoms with Crippen molar-refractivity contribution in [3.05, 3.63) is 72.4 Å². The van der Waals surface area contributed by atoms with Crippen LogP contribution < -0.4 is 15.4 Å². The van der Waals surface area contributed by atoms with E-state index in [9.17, 15) is 12.8 Å². The zero-order chi connectivity index (χ0) is 27.0. The number of rotatable bonds is 7. The minimum Gasteiger partial charge on any atom is -0.350 e. The van der Waals surface area contributed by atoms with Gasteiger partial charge in [0.25, 0.3) is 10.0 Å². The zero-order valence-electron chi connectivity index (χ0n) is 21.2. The van der Waals surface area contributed by atoms with Gasteiger partial charge >= 0.3 is 0 Å². The number of piperidine rings is 1. The first-order valence-electron chi connectivity index (χ1n) is 12.8. The Morgan fingerprint density at radius 1 is 1.15 bits per heavy atom. The van der Waals surface area contributed by atoms with Gasteiger partial charge in [-0.3, -0.25) is 4.72 Å². The van der Waals surface area contributed by atoms with Gasteiger partial charge in [0.2, 0.25) is 5.95 Å². The predicted octanol–water partition coefficient (Wildman–Crippen LogP) is 4.01. The minimum absolute atomic E-state index is 0.0484. The Balaban J connectivity index is 1.36. The lowest BCUT2D eigenvalue weighted by atomic mass is 10.0. The number of anilines is 2. The highest BCUT2D eigenvalue weighted by molar-refractivity contribution is 7.92. The van der Waals surface area contributed by atoms with E-state index < -0.39 is 20.7 Å². The quantitative estimate of drug-likeness (QED) is 0.280.